The van der Waals surface area contributed by atoms with Crippen molar-refractivity contribution in [3.8, 4) is 0 Å². The minimum atomic E-state index is -0.976. The van der Waals surface area contributed by atoms with Gasteiger partial charge in [0.2, 0.25) is 5.91 Å². The molecule has 0 aromatic carbocycles. The predicted octanol–water partition coefficient (Wildman–Crippen LogP) is 2.18. The minimum absolute atomic E-state index is 0.171. The van der Waals surface area contributed by atoms with Crippen molar-refractivity contribution in [2.24, 2.45) is 5.41 Å². The van der Waals surface area contributed by atoms with E-state index in [9.17, 15) is 9.59 Å². The number of carbonyl (C=O) groups excluding carboxylic acids is 1. The Hall–Kier alpha value is -1.06. The van der Waals surface area contributed by atoms with E-state index in [1.165, 1.54) is 0 Å². The summed E-state index contributed by atoms with van der Waals surface area (Å²) < 4.78 is 0. The van der Waals surface area contributed by atoms with Gasteiger partial charge in [0.25, 0.3) is 0 Å². The van der Waals surface area contributed by atoms with E-state index in [1.807, 2.05) is 0 Å². The van der Waals surface area contributed by atoms with Gasteiger partial charge in [-0.1, -0.05) is 40.5 Å². The van der Waals surface area contributed by atoms with Crippen LogP contribution in [0.2, 0.25) is 0 Å². The lowest BCUT2D eigenvalue weighted by atomic mass is 9.86. The molecule has 0 aliphatic heterocycles. The van der Waals surface area contributed by atoms with E-state index in [2.05, 4.69) is 12.2 Å². The first-order valence-electron chi connectivity index (χ1n) is 5.81. The van der Waals surface area contributed by atoms with Crippen LogP contribution in [0.3, 0.4) is 0 Å². The molecule has 0 aromatic rings. The lowest BCUT2D eigenvalue weighted by molar-refractivity contribution is -0.144. The second-order valence-corrected chi connectivity index (χ2v) is 5.16. The fourth-order valence-corrected chi connectivity index (χ4v) is 1.42. The molecule has 1 unspecified atom stereocenters. The molecule has 0 bridgehead atoms. The van der Waals surface area contributed by atoms with Gasteiger partial charge >= 0.3 is 5.97 Å². The molecule has 4 nitrogen and oxygen atoms in total. The molecule has 0 aromatic heterocycles. The third kappa shape index (κ3) is 5.73. The maximum absolute atomic E-state index is 11.5. The SMILES string of the molecule is CCCCCC(=O)NC(C(=O)O)C(C)(C)C. The molecule has 0 spiro atoms. The first-order valence-corrected chi connectivity index (χ1v) is 5.81. The topological polar surface area (TPSA) is 66.4 Å². The van der Waals surface area contributed by atoms with E-state index in [1.54, 1.807) is 20.8 Å². The van der Waals surface area contributed by atoms with Gasteiger partial charge in [-0.3, -0.25) is 4.79 Å². The molecular weight excluding hydrogens is 206 g/mol. The Morgan fingerprint density at radius 2 is 1.81 bits per heavy atom. The van der Waals surface area contributed by atoms with E-state index in [-0.39, 0.29) is 5.91 Å². The van der Waals surface area contributed by atoms with Gasteiger partial charge in [0.15, 0.2) is 0 Å². The zero-order valence-corrected chi connectivity index (χ0v) is 10.7. The van der Waals surface area contributed by atoms with Crippen LogP contribution < -0.4 is 5.32 Å². The number of unbranched alkanes of at least 4 members (excludes halogenated alkanes) is 2. The molecule has 1 atom stereocenters. The standard InChI is InChI=1S/C12H23NO3/c1-5-6-7-8-9(14)13-10(11(15)16)12(2,3)4/h10H,5-8H2,1-4H3,(H,13,14)(H,15,16). The van der Waals surface area contributed by atoms with Crippen LogP contribution in [0, 0.1) is 5.41 Å². The van der Waals surface area contributed by atoms with E-state index >= 15 is 0 Å². The first-order chi connectivity index (χ1) is 7.29. The summed E-state index contributed by atoms with van der Waals surface area (Å²) >= 11 is 0. The molecule has 0 heterocycles. The number of carbonyl (C=O) groups is 2. The van der Waals surface area contributed by atoms with E-state index in [0.29, 0.717) is 6.42 Å². The highest BCUT2D eigenvalue weighted by Gasteiger charge is 2.32. The summed E-state index contributed by atoms with van der Waals surface area (Å²) in [6.07, 6.45) is 3.28. The Bertz CT molecular complexity index is 243. The van der Waals surface area contributed by atoms with Crippen molar-refractivity contribution in [3.63, 3.8) is 0 Å². The Labute approximate surface area is 97.4 Å². The van der Waals surface area contributed by atoms with Gasteiger partial charge in [0.05, 0.1) is 0 Å². The molecule has 0 aliphatic rings. The number of rotatable bonds is 6. The first kappa shape index (κ1) is 14.9. The fourth-order valence-electron chi connectivity index (χ4n) is 1.42. The summed E-state index contributed by atoms with van der Waals surface area (Å²) in [7, 11) is 0. The molecule has 0 aliphatic carbocycles. The highest BCUT2D eigenvalue weighted by atomic mass is 16.4. The van der Waals surface area contributed by atoms with Crippen molar-refractivity contribution >= 4 is 11.9 Å². The van der Waals surface area contributed by atoms with Gasteiger partial charge < -0.3 is 10.4 Å². The molecule has 0 saturated carbocycles. The van der Waals surface area contributed by atoms with Crippen LogP contribution in [0.15, 0.2) is 0 Å². The Kier molecular flexibility index (Phi) is 6.08. The van der Waals surface area contributed by atoms with Crippen LogP contribution in [-0.2, 0) is 9.59 Å². The number of carboxylic acid groups (broad SMARTS) is 1. The molecule has 0 fully saturated rings. The van der Waals surface area contributed by atoms with Crippen molar-refractivity contribution in [2.45, 2.75) is 59.4 Å². The predicted molar refractivity (Wildman–Crippen MR) is 63.2 cm³/mol. The van der Waals surface area contributed by atoms with Crippen molar-refractivity contribution in [1.29, 1.82) is 0 Å². The molecule has 16 heavy (non-hydrogen) atoms. The van der Waals surface area contributed by atoms with Crippen molar-refractivity contribution in [3.05, 3.63) is 0 Å². The smallest absolute Gasteiger partial charge is 0.326 e. The average molecular weight is 229 g/mol. The summed E-state index contributed by atoms with van der Waals surface area (Å²) in [6.45, 7) is 7.47. The Balaban J connectivity index is 4.21. The van der Waals surface area contributed by atoms with Crippen molar-refractivity contribution in [2.75, 3.05) is 0 Å². The van der Waals surface area contributed by atoms with Gasteiger partial charge in [-0.2, -0.15) is 0 Å². The van der Waals surface area contributed by atoms with Crippen LogP contribution in [0.4, 0.5) is 0 Å². The van der Waals surface area contributed by atoms with Gasteiger partial charge in [0, 0.05) is 6.42 Å². The average Bonchev–Trinajstić information content (AvgIpc) is 2.12. The zero-order chi connectivity index (χ0) is 12.8. The Morgan fingerprint density at radius 3 is 2.19 bits per heavy atom. The summed E-state index contributed by atoms with van der Waals surface area (Å²) in [6, 6.07) is -0.818. The second-order valence-electron chi connectivity index (χ2n) is 5.16. The van der Waals surface area contributed by atoms with Gasteiger partial charge in [0.1, 0.15) is 6.04 Å². The van der Waals surface area contributed by atoms with Gasteiger partial charge in [-0.25, -0.2) is 4.79 Å². The lowest BCUT2D eigenvalue weighted by Crippen LogP contribution is -2.49. The molecule has 4 heteroatoms. The highest BCUT2D eigenvalue weighted by molar-refractivity contribution is 5.84. The molecule has 1 amide bonds. The minimum Gasteiger partial charge on any atom is -0.480 e. The van der Waals surface area contributed by atoms with Gasteiger partial charge in [-0.15, -0.1) is 0 Å². The van der Waals surface area contributed by atoms with Crippen molar-refractivity contribution < 1.29 is 14.7 Å². The van der Waals surface area contributed by atoms with Gasteiger partial charge in [-0.05, 0) is 11.8 Å². The van der Waals surface area contributed by atoms with Crippen molar-refractivity contribution in [1.82, 2.24) is 5.32 Å². The lowest BCUT2D eigenvalue weighted by Gasteiger charge is -2.27. The van der Waals surface area contributed by atoms with Crippen LogP contribution in [-0.4, -0.2) is 23.0 Å². The molecule has 94 valence electrons. The normalized spacial score (nSPS) is 13.2. The van der Waals surface area contributed by atoms with Crippen LogP contribution in [0.5, 0.6) is 0 Å². The summed E-state index contributed by atoms with van der Waals surface area (Å²) in [5.41, 5.74) is -0.466. The second kappa shape index (κ2) is 6.51. The van der Waals surface area contributed by atoms with Crippen LogP contribution in [0.25, 0.3) is 0 Å². The molecule has 0 saturated heterocycles. The fraction of sp³-hybridized carbons (Fsp3) is 0.833. The number of aliphatic carboxylic acids is 1. The molecule has 0 radical (unpaired) electrons. The summed E-state index contributed by atoms with van der Waals surface area (Å²) in [5.74, 6) is -1.15. The maximum atomic E-state index is 11.5. The largest absolute Gasteiger partial charge is 0.480 e. The quantitative estimate of drug-likeness (QED) is 0.686. The van der Waals surface area contributed by atoms with E-state index in [0.717, 1.165) is 19.3 Å². The van der Waals surface area contributed by atoms with Crippen LogP contribution in [0.1, 0.15) is 53.4 Å². The third-order valence-electron chi connectivity index (χ3n) is 2.43. The number of hydrogen-bond acceptors (Lipinski definition) is 2. The monoisotopic (exact) mass is 229 g/mol. The number of carboxylic acids is 1. The summed E-state index contributed by atoms with van der Waals surface area (Å²) in [5, 5.41) is 11.6. The maximum Gasteiger partial charge on any atom is 0.326 e. The van der Waals surface area contributed by atoms with E-state index in [4.69, 9.17) is 5.11 Å². The van der Waals surface area contributed by atoms with E-state index < -0.39 is 17.4 Å². The Morgan fingerprint density at radius 1 is 1.25 bits per heavy atom. The number of nitrogens with one attached hydrogen (secondary N) is 1. The van der Waals surface area contributed by atoms with Crippen LogP contribution >= 0.6 is 0 Å². The summed E-state index contributed by atoms with van der Waals surface area (Å²) in [4.78, 5) is 22.5. The molecular formula is C12H23NO3. The third-order valence-corrected chi connectivity index (χ3v) is 2.43. The zero-order valence-electron chi connectivity index (χ0n) is 10.7. The number of amides is 1. The highest BCUT2D eigenvalue weighted by Crippen LogP contribution is 2.19. The molecule has 2 N–H and O–H groups in total. The molecule has 0 rings (SSSR count). The number of hydrogen-bond donors (Lipinski definition) is 2.